The number of fused-ring (bicyclic) bond motifs is 6. The summed E-state index contributed by atoms with van der Waals surface area (Å²) in [6, 6.07) is 14.6. The van der Waals surface area contributed by atoms with Gasteiger partial charge < -0.3 is 14.4 Å². The van der Waals surface area contributed by atoms with Crippen LogP contribution in [0.5, 0.6) is 11.5 Å². The van der Waals surface area contributed by atoms with Gasteiger partial charge in [-0.05, 0) is 49.9 Å². The fourth-order valence-corrected chi connectivity index (χ4v) is 5.72. The maximum Gasteiger partial charge on any atom is 0.162 e. The highest BCUT2D eigenvalue weighted by atomic mass is 16.5. The summed E-state index contributed by atoms with van der Waals surface area (Å²) in [5, 5.41) is 0. The minimum Gasteiger partial charge on any atom is -0.493 e. The van der Waals surface area contributed by atoms with E-state index in [1.165, 1.54) is 48.2 Å². The molecule has 3 aliphatic heterocycles. The van der Waals surface area contributed by atoms with E-state index in [4.69, 9.17) is 9.47 Å². The molecule has 0 unspecified atom stereocenters. The molecule has 0 radical (unpaired) electrons. The van der Waals surface area contributed by atoms with Crippen LogP contribution in [0.4, 0.5) is 5.69 Å². The lowest BCUT2D eigenvalue weighted by Gasteiger charge is -2.44. The van der Waals surface area contributed by atoms with Crippen molar-refractivity contribution in [2.24, 2.45) is 5.92 Å². The first-order valence-electron chi connectivity index (χ1n) is 10.5. The zero-order valence-corrected chi connectivity index (χ0v) is 17.1. The standard InChI is InChI=1S/C24H30N2O2/c1-16-6-8-17(9-7-16)15-25-12-10-18-20-5-4-11-26(20)21-14-23(28-3)22(27-2)13-19(21)24(18)25/h6-9,13-14,18,20,24H,4-5,10-12,15H2,1-3H3/t18-,20-,24-/m1/s1. The summed E-state index contributed by atoms with van der Waals surface area (Å²) in [5.41, 5.74) is 5.51. The number of rotatable bonds is 4. The van der Waals surface area contributed by atoms with E-state index in [1.807, 2.05) is 0 Å². The molecule has 4 heteroatoms. The number of ether oxygens (including phenoxy) is 2. The van der Waals surface area contributed by atoms with Crippen molar-refractivity contribution in [3.05, 3.63) is 53.1 Å². The molecule has 2 saturated heterocycles. The molecule has 0 spiro atoms. The highest BCUT2D eigenvalue weighted by Gasteiger charge is 2.48. The van der Waals surface area contributed by atoms with Crippen molar-refractivity contribution in [3.8, 4) is 11.5 Å². The van der Waals surface area contributed by atoms with Crippen LogP contribution in [0.15, 0.2) is 36.4 Å². The number of hydrogen-bond acceptors (Lipinski definition) is 4. The van der Waals surface area contributed by atoms with E-state index in [0.29, 0.717) is 18.0 Å². The van der Waals surface area contributed by atoms with Crippen molar-refractivity contribution in [2.45, 2.75) is 44.8 Å². The molecule has 2 aromatic carbocycles. The topological polar surface area (TPSA) is 24.9 Å². The molecule has 0 N–H and O–H groups in total. The lowest BCUT2D eigenvalue weighted by molar-refractivity contribution is 0.198. The van der Waals surface area contributed by atoms with Crippen LogP contribution in [0.1, 0.15) is 42.0 Å². The number of hydrogen-bond donors (Lipinski definition) is 0. The largest absolute Gasteiger partial charge is 0.493 e. The maximum atomic E-state index is 5.67. The molecule has 4 nitrogen and oxygen atoms in total. The summed E-state index contributed by atoms with van der Waals surface area (Å²) >= 11 is 0. The first kappa shape index (κ1) is 17.9. The summed E-state index contributed by atoms with van der Waals surface area (Å²) in [6.07, 6.45) is 3.89. The van der Waals surface area contributed by atoms with Crippen LogP contribution in [0.2, 0.25) is 0 Å². The molecular weight excluding hydrogens is 348 g/mol. The third-order valence-corrected chi connectivity index (χ3v) is 7.01. The molecule has 28 heavy (non-hydrogen) atoms. The van der Waals surface area contributed by atoms with Crippen molar-refractivity contribution >= 4 is 5.69 Å². The Hall–Kier alpha value is -2.20. The summed E-state index contributed by atoms with van der Waals surface area (Å²) in [4.78, 5) is 5.34. The van der Waals surface area contributed by atoms with Gasteiger partial charge >= 0.3 is 0 Å². The zero-order chi connectivity index (χ0) is 19.3. The van der Waals surface area contributed by atoms with Gasteiger partial charge in [0.15, 0.2) is 11.5 Å². The lowest BCUT2D eigenvalue weighted by atomic mass is 9.81. The summed E-state index contributed by atoms with van der Waals surface area (Å²) in [6.45, 7) is 5.50. The second kappa shape index (κ2) is 7.00. The maximum absolute atomic E-state index is 5.67. The Labute approximate surface area is 168 Å². The van der Waals surface area contributed by atoms with Crippen molar-refractivity contribution in [2.75, 3.05) is 32.2 Å². The number of methoxy groups -OCH3 is 2. The zero-order valence-electron chi connectivity index (χ0n) is 17.1. The fraction of sp³-hybridized carbons (Fsp3) is 0.500. The average Bonchev–Trinajstić information content (AvgIpc) is 3.36. The van der Waals surface area contributed by atoms with Crippen molar-refractivity contribution < 1.29 is 9.47 Å². The van der Waals surface area contributed by atoms with Gasteiger partial charge in [0.05, 0.1) is 14.2 Å². The smallest absolute Gasteiger partial charge is 0.162 e. The Morgan fingerprint density at radius 1 is 0.964 bits per heavy atom. The van der Waals surface area contributed by atoms with Crippen LogP contribution in [-0.2, 0) is 6.54 Å². The highest BCUT2D eigenvalue weighted by molar-refractivity contribution is 5.66. The van der Waals surface area contributed by atoms with Gasteiger partial charge in [0, 0.05) is 42.8 Å². The van der Waals surface area contributed by atoms with Gasteiger partial charge in [0.25, 0.3) is 0 Å². The monoisotopic (exact) mass is 378 g/mol. The van der Waals surface area contributed by atoms with E-state index in [-0.39, 0.29) is 0 Å². The number of anilines is 1. The van der Waals surface area contributed by atoms with Gasteiger partial charge in [0.1, 0.15) is 0 Å². The third kappa shape index (κ3) is 2.77. The first-order chi connectivity index (χ1) is 13.7. The number of nitrogens with zero attached hydrogens (tertiary/aromatic N) is 2. The number of likely N-dealkylation sites (tertiary alicyclic amines) is 1. The van der Waals surface area contributed by atoms with Gasteiger partial charge in [-0.3, -0.25) is 4.90 Å². The molecule has 148 valence electrons. The summed E-state index contributed by atoms with van der Waals surface area (Å²) < 4.78 is 11.3. The molecule has 0 bridgehead atoms. The van der Waals surface area contributed by atoms with E-state index >= 15 is 0 Å². The molecule has 0 amide bonds. The van der Waals surface area contributed by atoms with Crippen LogP contribution >= 0.6 is 0 Å². The van der Waals surface area contributed by atoms with E-state index in [0.717, 1.165) is 24.6 Å². The Kier molecular flexibility index (Phi) is 4.47. The second-order valence-electron chi connectivity index (χ2n) is 8.52. The van der Waals surface area contributed by atoms with Crippen molar-refractivity contribution in [1.29, 1.82) is 0 Å². The molecule has 3 heterocycles. The van der Waals surface area contributed by atoms with Gasteiger partial charge in [0.2, 0.25) is 0 Å². The normalized spacial score (nSPS) is 26.0. The molecule has 3 atom stereocenters. The number of aryl methyl sites for hydroxylation is 1. The van der Waals surface area contributed by atoms with E-state index in [1.54, 1.807) is 14.2 Å². The lowest BCUT2D eigenvalue weighted by Crippen LogP contribution is -2.43. The summed E-state index contributed by atoms with van der Waals surface area (Å²) in [7, 11) is 3.47. The third-order valence-electron chi connectivity index (χ3n) is 7.01. The Balaban J connectivity index is 1.55. The quantitative estimate of drug-likeness (QED) is 0.779. The van der Waals surface area contributed by atoms with Crippen LogP contribution in [0.25, 0.3) is 0 Å². The predicted octanol–water partition coefficient (Wildman–Crippen LogP) is 4.56. The molecule has 0 aliphatic carbocycles. The van der Waals surface area contributed by atoms with E-state index < -0.39 is 0 Å². The number of benzene rings is 2. The van der Waals surface area contributed by atoms with Gasteiger partial charge in [-0.1, -0.05) is 29.8 Å². The SMILES string of the molecule is COc1cc2c(cc1OC)N1CCC[C@@H]1[C@H]1CCN(Cc3ccc(C)cc3)[C@@H]21. The van der Waals surface area contributed by atoms with Gasteiger partial charge in [-0.2, -0.15) is 0 Å². The molecule has 2 fully saturated rings. The van der Waals surface area contributed by atoms with Crippen molar-refractivity contribution in [3.63, 3.8) is 0 Å². The average molecular weight is 379 g/mol. The van der Waals surface area contributed by atoms with Crippen LogP contribution in [-0.4, -0.2) is 38.3 Å². The fourth-order valence-electron chi connectivity index (χ4n) is 5.72. The Morgan fingerprint density at radius 3 is 2.46 bits per heavy atom. The first-order valence-corrected chi connectivity index (χ1v) is 10.5. The molecular formula is C24H30N2O2. The minimum absolute atomic E-state index is 0.468. The minimum atomic E-state index is 0.468. The van der Waals surface area contributed by atoms with Crippen LogP contribution in [0.3, 0.4) is 0 Å². The van der Waals surface area contributed by atoms with Crippen molar-refractivity contribution in [1.82, 2.24) is 4.90 Å². The molecule has 0 saturated carbocycles. The molecule has 2 aromatic rings. The molecule has 5 rings (SSSR count). The predicted molar refractivity (Wildman–Crippen MR) is 112 cm³/mol. The van der Waals surface area contributed by atoms with Gasteiger partial charge in [-0.15, -0.1) is 0 Å². The Bertz CT molecular complexity index is 864. The summed E-state index contributed by atoms with van der Waals surface area (Å²) in [5.74, 6) is 2.40. The molecule has 3 aliphatic rings. The highest BCUT2D eigenvalue weighted by Crippen LogP contribution is 2.54. The van der Waals surface area contributed by atoms with Crippen LogP contribution in [0, 0.1) is 12.8 Å². The molecule has 0 aromatic heterocycles. The van der Waals surface area contributed by atoms with Gasteiger partial charge in [-0.25, -0.2) is 0 Å². The second-order valence-corrected chi connectivity index (χ2v) is 8.52. The van der Waals surface area contributed by atoms with E-state index in [2.05, 4.69) is 53.1 Å². The Morgan fingerprint density at radius 2 is 1.71 bits per heavy atom. The van der Waals surface area contributed by atoms with E-state index in [9.17, 15) is 0 Å². The van der Waals surface area contributed by atoms with Crippen LogP contribution < -0.4 is 14.4 Å².